The standard InChI is InChI=1S/C18H17ClO2/c1-12-8-14(10-15(19)9-12)17(20)11-18-16-5-3-2-4-13(16)6-7-21-18/h2-5,8-10,18H,6-7,11H2,1H3. The van der Waals surface area contributed by atoms with Gasteiger partial charge < -0.3 is 4.74 Å². The third-order valence-corrected chi connectivity index (χ3v) is 4.05. The molecule has 1 aliphatic heterocycles. The van der Waals surface area contributed by atoms with Gasteiger partial charge in [0.15, 0.2) is 5.78 Å². The average molecular weight is 301 g/mol. The Bertz CT molecular complexity index is 658. The Hall–Kier alpha value is -1.64. The molecule has 1 unspecified atom stereocenters. The molecular weight excluding hydrogens is 284 g/mol. The Balaban J connectivity index is 1.82. The summed E-state index contributed by atoms with van der Waals surface area (Å²) in [4.78, 5) is 12.5. The summed E-state index contributed by atoms with van der Waals surface area (Å²) in [6, 6.07) is 13.6. The third kappa shape index (κ3) is 3.17. The maximum Gasteiger partial charge on any atom is 0.165 e. The van der Waals surface area contributed by atoms with Crippen LogP contribution in [0.5, 0.6) is 0 Å². The van der Waals surface area contributed by atoms with E-state index in [-0.39, 0.29) is 11.9 Å². The fourth-order valence-electron chi connectivity index (χ4n) is 2.83. The van der Waals surface area contributed by atoms with Crippen molar-refractivity contribution in [2.75, 3.05) is 6.61 Å². The van der Waals surface area contributed by atoms with Crippen LogP contribution >= 0.6 is 11.6 Å². The molecule has 0 radical (unpaired) electrons. The second kappa shape index (κ2) is 6.00. The summed E-state index contributed by atoms with van der Waals surface area (Å²) in [5, 5.41) is 0.600. The van der Waals surface area contributed by atoms with Crippen molar-refractivity contribution in [1.29, 1.82) is 0 Å². The van der Waals surface area contributed by atoms with Crippen LogP contribution in [0.15, 0.2) is 42.5 Å². The van der Waals surface area contributed by atoms with Crippen molar-refractivity contribution in [3.8, 4) is 0 Å². The van der Waals surface area contributed by atoms with Crippen LogP contribution in [0.3, 0.4) is 0 Å². The summed E-state index contributed by atoms with van der Waals surface area (Å²) in [6.45, 7) is 2.61. The van der Waals surface area contributed by atoms with Gasteiger partial charge in [0.25, 0.3) is 0 Å². The lowest BCUT2D eigenvalue weighted by atomic mass is 9.93. The van der Waals surface area contributed by atoms with Crippen molar-refractivity contribution in [1.82, 2.24) is 0 Å². The quantitative estimate of drug-likeness (QED) is 0.778. The number of fused-ring (bicyclic) bond motifs is 1. The lowest BCUT2D eigenvalue weighted by Gasteiger charge is -2.25. The van der Waals surface area contributed by atoms with Gasteiger partial charge in [-0.3, -0.25) is 4.79 Å². The van der Waals surface area contributed by atoms with E-state index < -0.39 is 0 Å². The third-order valence-electron chi connectivity index (χ3n) is 3.83. The van der Waals surface area contributed by atoms with Crippen LogP contribution in [0.2, 0.25) is 5.02 Å². The molecule has 2 nitrogen and oxygen atoms in total. The minimum atomic E-state index is -0.151. The summed E-state index contributed by atoms with van der Waals surface area (Å²) < 4.78 is 5.80. The largest absolute Gasteiger partial charge is 0.373 e. The molecule has 0 N–H and O–H groups in total. The number of benzene rings is 2. The highest BCUT2D eigenvalue weighted by Crippen LogP contribution is 2.31. The van der Waals surface area contributed by atoms with Gasteiger partial charge in [0, 0.05) is 17.0 Å². The summed E-state index contributed by atoms with van der Waals surface area (Å²) in [6.07, 6.45) is 1.12. The minimum Gasteiger partial charge on any atom is -0.373 e. The van der Waals surface area contributed by atoms with Crippen molar-refractivity contribution in [3.05, 3.63) is 69.7 Å². The van der Waals surface area contributed by atoms with Crippen molar-refractivity contribution in [2.24, 2.45) is 0 Å². The molecule has 0 aromatic heterocycles. The number of ether oxygens (including phenoxy) is 1. The van der Waals surface area contributed by atoms with E-state index in [2.05, 4.69) is 12.1 Å². The maximum absolute atomic E-state index is 12.5. The molecule has 1 aliphatic rings. The normalized spacial score (nSPS) is 17.3. The number of carbonyl (C=O) groups is 1. The summed E-state index contributed by atoms with van der Waals surface area (Å²) >= 11 is 6.03. The van der Waals surface area contributed by atoms with Gasteiger partial charge >= 0.3 is 0 Å². The fourth-order valence-corrected chi connectivity index (χ4v) is 3.12. The zero-order valence-corrected chi connectivity index (χ0v) is 12.7. The minimum absolute atomic E-state index is 0.0716. The van der Waals surface area contributed by atoms with E-state index in [9.17, 15) is 4.79 Å². The molecule has 108 valence electrons. The lowest BCUT2D eigenvalue weighted by molar-refractivity contribution is 0.0352. The Kier molecular flexibility index (Phi) is 4.09. The summed E-state index contributed by atoms with van der Waals surface area (Å²) in [5.74, 6) is 0.0716. The number of carbonyl (C=O) groups excluding carboxylic acids is 1. The van der Waals surface area contributed by atoms with Crippen LogP contribution in [0.1, 0.15) is 39.6 Å². The molecule has 1 atom stereocenters. The summed E-state index contributed by atoms with van der Waals surface area (Å²) in [5.41, 5.74) is 4.07. The van der Waals surface area contributed by atoms with Crippen LogP contribution < -0.4 is 0 Å². The Morgan fingerprint density at radius 2 is 2.10 bits per heavy atom. The molecule has 0 bridgehead atoms. The van der Waals surface area contributed by atoms with Crippen molar-refractivity contribution < 1.29 is 9.53 Å². The second-order valence-electron chi connectivity index (χ2n) is 5.45. The van der Waals surface area contributed by atoms with Gasteiger partial charge in [0.2, 0.25) is 0 Å². The highest BCUT2D eigenvalue weighted by Gasteiger charge is 2.23. The first-order valence-electron chi connectivity index (χ1n) is 7.13. The molecule has 0 spiro atoms. The average Bonchev–Trinajstić information content (AvgIpc) is 2.46. The Morgan fingerprint density at radius 3 is 2.90 bits per heavy atom. The predicted molar refractivity (Wildman–Crippen MR) is 84.0 cm³/mol. The van der Waals surface area contributed by atoms with Crippen molar-refractivity contribution >= 4 is 17.4 Å². The number of ketones is 1. The number of rotatable bonds is 3. The van der Waals surface area contributed by atoms with Gasteiger partial charge in [-0.2, -0.15) is 0 Å². The van der Waals surface area contributed by atoms with Gasteiger partial charge in [0.05, 0.1) is 12.7 Å². The van der Waals surface area contributed by atoms with Gasteiger partial charge in [0.1, 0.15) is 0 Å². The van der Waals surface area contributed by atoms with Gasteiger partial charge in [-0.25, -0.2) is 0 Å². The van der Waals surface area contributed by atoms with E-state index in [4.69, 9.17) is 16.3 Å². The fraction of sp³-hybridized carbons (Fsp3) is 0.278. The first-order valence-corrected chi connectivity index (χ1v) is 7.51. The van der Waals surface area contributed by atoms with E-state index in [1.54, 1.807) is 6.07 Å². The molecule has 0 saturated heterocycles. The van der Waals surface area contributed by atoms with Crippen molar-refractivity contribution in [3.63, 3.8) is 0 Å². The molecule has 0 saturated carbocycles. The maximum atomic E-state index is 12.5. The molecule has 1 heterocycles. The van der Waals surface area contributed by atoms with Crippen LogP contribution in [0.4, 0.5) is 0 Å². The van der Waals surface area contributed by atoms with Gasteiger partial charge in [-0.05, 0) is 48.2 Å². The van der Waals surface area contributed by atoms with Crippen LogP contribution in [0.25, 0.3) is 0 Å². The monoisotopic (exact) mass is 300 g/mol. The molecular formula is C18H17ClO2. The number of halogens is 1. The van der Waals surface area contributed by atoms with E-state index in [0.29, 0.717) is 23.6 Å². The topological polar surface area (TPSA) is 26.3 Å². The highest BCUT2D eigenvalue weighted by molar-refractivity contribution is 6.31. The van der Waals surface area contributed by atoms with Crippen LogP contribution in [-0.4, -0.2) is 12.4 Å². The van der Waals surface area contributed by atoms with Crippen LogP contribution in [0, 0.1) is 6.92 Å². The van der Waals surface area contributed by atoms with E-state index >= 15 is 0 Å². The smallest absolute Gasteiger partial charge is 0.165 e. The first kappa shape index (κ1) is 14.3. The number of hydrogen-bond donors (Lipinski definition) is 0. The van der Waals surface area contributed by atoms with E-state index in [0.717, 1.165) is 17.5 Å². The van der Waals surface area contributed by atoms with Gasteiger partial charge in [-0.1, -0.05) is 35.9 Å². The highest BCUT2D eigenvalue weighted by atomic mass is 35.5. The van der Waals surface area contributed by atoms with E-state index in [1.807, 2.05) is 31.2 Å². The Morgan fingerprint density at radius 1 is 1.29 bits per heavy atom. The number of hydrogen-bond acceptors (Lipinski definition) is 2. The second-order valence-corrected chi connectivity index (χ2v) is 5.89. The van der Waals surface area contributed by atoms with Gasteiger partial charge in [-0.15, -0.1) is 0 Å². The molecule has 0 aliphatic carbocycles. The molecule has 3 rings (SSSR count). The number of Topliss-reactive ketones (excluding diaryl/α,β-unsaturated/α-hetero) is 1. The summed E-state index contributed by atoms with van der Waals surface area (Å²) in [7, 11) is 0. The molecule has 0 amide bonds. The van der Waals surface area contributed by atoms with E-state index in [1.165, 1.54) is 5.56 Å². The van der Waals surface area contributed by atoms with Crippen molar-refractivity contribution in [2.45, 2.75) is 25.9 Å². The zero-order chi connectivity index (χ0) is 14.8. The first-order chi connectivity index (χ1) is 10.1. The molecule has 3 heteroatoms. The molecule has 21 heavy (non-hydrogen) atoms. The number of aryl methyl sites for hydroxylation is 1. The molecule has 2 aromatic carbocycles. The predicted octanol–water partition coefficient (Wildman–Crippen LogP) is 4.54. The zero-order valence-electron chi connectivity index (χ0n) is 11.9. The lowest BCUT2D eigenvalue weighted by Crippen LogP contribution is -2.19. The molecule has 2 aromatic rings. The SMILES string of the molecule is Cc1cc(Cl)cc(C(=O)CC2OCCc3ccccc32)c1. The molecule has 0 fully saturated rings. The van der Waals surface area contributed by atoms with Crippen LogP contribution in [-0.2, 0) is 11.2 Å². The Labute approximate surface area is 129 Å².